The Morgan fingerprint density at radius 3 is 2.39 bits per heavy atom. The summed E-state index contributed by atoms with van der Waals surface area (Å²) in [7, 11) is -1.68. The molecule has 0 aliphatic rings. The summed E-state index contributed by atoms with van der Waals surface area (Å²) >= 11 is 0. The van der Waals surface area contributed by atoms with Crippen LogP contribution < -0.4 is 20.7 Å². The first-order chi connectivity index (χ1) is 10.8. The van der Waals surface area contributed by atoms with E-state index < -0.39 is 10.0 Å². The van der Waals surface area contributed by atoms with Gasteiger partial charge in [-0.1, -0.05) is 17.6 Å². The summed E-state index contributed by atoms with van der Waals surface area (Å²) in [5.41, 5.74) is 1.31. The molecule has 0 saturated heterocycles. The van der Waals surface area contributed by atoms with Crippen LogP contribution in [0, 0.1) is 0 Å². The highest BCUT2D eigenvalue weighted by molar-refractivity contribution is 7.89. The normalized spacial score (nSPS) is 10.9. The maximum absolute atomic E-state index is 12.1. The summed E-state index contributed by atoms with van der Waals surface area (Å²) in [5.74, 6) is -0.351. The van der Waals surface area contributed by atoms with Gasteiger partial charge in [0.15, 0.2) is 0 Å². The Labute approximate surface area is 134 Å². The second-order valence-corrected chi connectivity index (χ2v) is 6.15. The highest BCUT2D eigenvalue weighted by Crippen LogP contribution is 2.26. The van der Waals surface area contributed by atoms with Gasteiger partial charge in [-0.3, -0.25) is 4.79 Å². The van der Waals surface area contributed by atoms with Crippen LogP contribution in [0.15, 0.2) is 47.4 Å². The predicted molar refractivity (Wildman–Crippen MR) is 86.4 cm³/mol. The van der Waals surface area contributed by atoms with Crippen molar-refractivity contribution in [1.82, 2.24) is 0 Å². The van der Waals surface area contributed by atoms with Crippen LogP contribution in [-0.4, -0.2) is 33.9 Å². The average Bonchev–Trinajstić information content (AvgIpc) is 2.53. The third-order valence-corrected chi connectivity index (χ3v) is 4.00. The summed E-state index contributed by atoms with van der Waals surface area (Å²) in [5, 5.41) is 16.6. The number of sulfonamides is 1. The topological polar surface area (TPSA) is 119 Å². The lowest BCUT2D eigenvalue weighted by Gasteiger charge is -2.10. The molecule has 0 atom stereocenters. The number of anilines is 1. The second kappa shape index (κ2) is 6.82. The second-order valence-electron chi connectivity index (χ2n) is 4.62. The van der Waals surface area contributed by atoms with Crippen molar-refractivity contribution in [3.05, 3.63) is 48.0 Å². The van der Waals surface area contributed by atoms with Gasteiger partial charge in [-0.25, -0.2) is 13.6 Å². The largest absolute Gasteiger partial charge is 0.495 e. The van der Waals surface area contributed by atoms with Gasteiger partial charge in [-0.05, 0) is 24.3 Å². The number of nitrogens with two attached hydrogens (primary N) is 1. The molecule has 0 aliphatic carbocycles. The van der Waals surface area contributed by atoms with E-state index in [0.717, 1.165) is 7.48 Å². The maximum atomic E-state index is 12.1. The molecule has 9 heteroatoms. The quantitative estimate of drug-likeness (QED) is 0.657. The van der Waals surface area contributed by atoms with Gasteiger partial charge in [-0.2, -0.15) is 0 Å². The van der Waals surface area contributed by atoms with E-state index in [1.165, 1.54) is 25.3 Å². The molecule has 0 saturated carbocycles. The van der Waals surface area contributed by atoms with Crippen LogP contribution in [0.2, 0.25) is 0 Å². The third kappa shape index (κ3) is 4.10. The minimum atomic E-state index is -3.92. The maximum Gasteiger partial charge on any atom is 0.326 e. The van der Waals surface area contributed by atoms with E-state index in [4.69, 9.17) is 14.9 Å². The first-order valence-corrected chi connectivity index (χ1v) is 7.99. The molecule has 7 nitrogen and oxygen atoms in total. The lowest BCUT2D eigenvalue weighted by molar-refractivity contribution is 0.102. The summed E-state index contributed by atoms with van der Waals surface area (Å²) in [4.78, 5) is 12.0. The van der Waals surface area contributed by atoms with Gasteiger partial charge in [0.2, 0.25) is 10.0 Å². The molecule has 4 N–H and O–H groups in total. The Morgan fingerprint density at radius 1 is 1.22 bits per heavy atom. The van der Waals surface area contributed by atoms with Crippen molar-refractivity contribution in [2.24, 2.45) is 5.14 Å². The molecular weight excluding hydrogens is 319 g/mol. The van der Waals surface area contributed by atoms with Crippen LogP contribution in [0.1, 0.15) is 10.4 Å². The molecule has 0 bridgehead atoms. The fourth-order valence-electron chi connectivity index (χ4n) is 1.90. The van der Waals surface area contributed by atoms with Gasteiger partial charge in [-0.15, -0.1) is 0 Å². The number of carbonyl (C=O) groups excluding carboxylic acids is 1. The van der Waals surface area contributed by atoms with Crippen molar-refractivity contribution < 1.29 is 23.0 Å². The zero-order valence-electron chi connectivity index (χ0n) is 12.2. The monoisotopic (exact) mass is 333 g/mol. The van der Waals surface area contributed by atoms with E-state index in [-0.39, 0.29) is 16.6 Å². The SMILES string of the molecule is COc1cc(NC(=O)c2ccc([B]O)cc2)ccc1S(N)(=O)=O. The van der Waals surface area contributed by atoms with E-state index in [9.17, 15) is 13.2 Å². The van der Waals surface area contributed by atoms with E-state index in [1.54, 1.807) is 24.3 Å². The van der Waals surface area contributed by atoms with Crippen molar-refractivity contribution in [2.45, 2.75) is 4.90 Å². The molecule has 0 aromatic heterocycles. The van der Waals surface area contributed by atoms with Crippen molar-refractivity contribution in [2.75, 3.05) is 12.4 Å². The molecule has 0 heterocycles. The highest BCUT2D eigenvalue weighted by atomic mass is 32.2. The van der Waals surface area contributed by atoms with Crippen molar-refractivity contribution in [3.63, 3.8) is 0 Å². The molecule has 0 fully saturated rings. The third-order valence-electron chi connectivity index (χ3n) is 3.05. The first kappa shape index (κ1) is 17.0. The van der Waals surface area contributed by atoms with Gasteiger partial charge in [0.1, 0.15) is 10.6 Å². The number of rotatable bonds is 5. The van der Waals surface area contributed by atoms with E-state index in [0.29, 0.717) is 16.7 Å². The van der Waals surface area contributed by atoms with Gasteiger partial charge in [0.05, 0.1) is 7.11 Å². The Hall–Kier alpha value is -2.36. The molecule has 1 amide bonds. The van der Waals surface area contributed by atoms with Crippen LogP contribution in [0.25, 0.3) is 0 Å². The fraction of sp³-hybridized carbons (Fsp3) is 0.0714. The number of carbonyl (C=O) groups is 1. The lowest BCUT2D eigenvalue weighted by atomic mass is 9.88. The van der Waals surface area contributed by atoms with E-state index >= 15 is 0 Å². The smallest absolute Gasteiger partial charge is 0.326 e. The molecular formula is C14H14BN2O5S. The molecule has 119 valence electrons. The summed E-state index contributed by atoms with van der Waals surface area (Å²) in [6, 6.07) is 10.3. The van der Waals surface area contributed by atoms with Gasteiger partial charge >= 0.3 is 7.48 Å². The highest BCUT2D eigenvalue weighted by Gasteiger charge is 2.16. The minimum absolute atomic E-state index is 0.0375. The predicted octanol–water partition coefficient (Wildman–Crippen LogP) is -0.168. The van der Waals surface area contributed by atoms with Crippen LogP contribution >= 0.6 is 0 Å². The molecule has 1 radical (unpaired) electrons. The van der Waals surface area contributed by atoms with Gasteiger partial charge < -0.3 is 15.1 Å². The Morgan fingerprint density at radius 2 is 1.87 bits per heavy atom. The van der Waals surface area contributed by atoms with Crippen molar-refractivity contribution in [3.8, 4) is 5.75 Å². The number of nitrogens with one attached hydrogen (secondary N) is 1. The fourth-order valence-corrected chi connectivity index (χ4v) is 2.58. The van der Waals surface area contributed by atoms with Gasteiger partial charge in [0, 0.05) is 17.3 Å². The molecule has 0 unspecified atom stereocenters. The molecule has 2 aromatic rings. The molecule has 23 heavy (non-hydrogen) atoms. The van der Waals surface area contributed by atoms with Crippen LogP contribution in [-0.2, 0) is 10.0 Å². The van der Waals surface area contributed by atoms with Crippen LogP contribution in [0.5, 0.6) is 5.75 Å². The number of hydrogen-bond donors (Lipinski definition) is 3. The number of primary sulfonamides is 1. The lowest BCUT2D eigenvalue weighted by Crippen LogP contribution is -2.17. The molecule has 2 aromatic carbocycles. The number of hydrogen-bond acceptors (Lipinski definition) is 5. The molecule has 0 aliphatic heterocycles. The van der Waals surface area contributed by atoms with Crippen LogP contribution in [0.4, 0.5) is 5.69 Å². The number of ether oxygens (including phenoxy) is 1. The standard InChI is InChI=1S/C14H14BN2O5S/c1-22-12-8-11(6-7-13(12)23(16,20)21)17-14(18)9-2-4-10(15-19)5-3-9/h2-8,19H,1H3,(H,17,18)(H2,16,20,21). The van der Waals surface area contributed by atoms with Crippen molar-refractivity contribution in [1.29, 1.82) is 0 Å². The van der Waals surface area contributed by atoms with Crippen LogP contribution in [0.3, 0.4) is 0 Å². The summed E-state index contributed by atoms with van der Waals surface area (Å²) in [6.45, 7) is 0. The first-order valence-electron chi connectivity index (χ1n) is 6.45. The number of amides is 1. The summed E-state index contributed by atoms with van der Waals surface area (Å²) in [6.07, 6.45) is 0. The number of benzene rings is 2. The zero-order valence-corrected chi connectivity index (χ0v) is 13.0. The van der Waals surface area contributed by atoms with E-state index in [1.807, 2.05) is 0 Å². The number of methoxy groups -OCH3 is 1. The van der Waals surface area contributed by atoms with Gasteiger partial charge in [0.25, 0.3) is 5.91 Å². The average molecular weight is 333 g/mol. The zero-order chi connectivity index (χ0) is 17.0. The molecule has 2 rings (SSSR count). The minimum Gasteiger partial charge on any atom is -0.495 e. The van der Waals surface area contributed by atoms with Crippen molar-refractivity contribution >= 4 is 34.6 Å². The Balaban J connectivity index is 2.24. The Kier molecular flexibility index (Phi) is 5.04. The molecule has 0 spiro atoms. The summed E-state index contributed by atoms with van der Waals surface area (Å²) < 4.78 is 27.8. The van der Waals surface area contributed by atoms with E-state index in [2.05, 4.69) is 5.32 Å². The Bertz CT molecular complexity index is 822.